The van der Waals surface area contributed by atoms with Crippen LogP contribution in [0.25, 0.3) is 0 Å². The summed E-state index contributed by atoms with van der Waals surface area (Å²) < 4.78 is 5.46. The summed E-state index contributed by atoms with van der Waals surface area (Å²) in [6.07, 6.45) is 56.1. The molecule has 0 aromatic rings. The Bertz CT molecular complexity index is 615. The van der Waals surface area contributed by atoms with Gasteiger partial charge in [-0.15, -0.1) is 0 Å². The highest BCUT2D eigenvalue weighted by atomic mass is 16.5. The van der Waals surface area contributed by atoms with Crippen molar-refractivity contribution >= 4 is 5.97 Å². The van der Waals surface area contributed by atoms with E-state index in [2.05, 4.69) is 19.1 Å². The number of aliphatic hydroxyl groups is 1. The van der Waals surface area contributed by atoms with E-state index in [1.165, 1.54) is 218 Å². The number of esters is 1. The van der Waals surface area contributed by atoms with Gasteiger partial charge in [-0.05, 0) is 44.9 Å². The van der Waals surface area contributed by atoms with Crippen molar-refractivity contribution in [3.05, 3.63) is 12.2 Å². The first kappa shape index (κ1) is 47.2. The second-order valence-electron chi connectivity index (χ2n) is 15.1. The first-order chi connectivity index (χ1) is 23.8. The molecule has 3 nitrogen and oxygen atoms in total. The summed E-state index contributed by atoms with van der Waals surface area (Å²) in [4.78, 5) is 12.0. The van der Waals surface area contributed by atoms with Crippen molar-refractivity contribution in [1.82, 2.24) is 0 Å². The normalized spacial score (nSPS) is 11.6. The van der Waals surface area contributed by atoms with Crippen LogP contribution in [0.4, 0.5) is 0 Å². The van der Waals surface area contributed by atoms with Crippen molar-refractivity contribution in [2.45, 2.75) is 257 Å². The van der Waals surface area contributed by atoms with Gasteiger partial charge in [-0.3, -0.25) is 4.79 Å². The Balaban J connectivity index is 3.16. The molecule has 0 unspecified atom stereocenters. The Labute approximate surface area is 302 Å². The molecular weight excluding hydrogens is 588 g/mol. The monoisotopic (exact) mass is 677 g/mol. The molecule has 0 bridgehead atoms. The lowest BCUT2D eigenvalue weighted by molar-refractivity contribution is -0.143. The molecule has 0 fully saturated rings. The summed E-state index contributed by atoms with van der Waals surface area (Å²) in [6, 6.07) is 0. The molecular formula is C45H88O3. The maximum Gasteiger partial charge on any atom is 0.305 e. The van der Waals surface area contributed by atoms with Crippen LogP contribution in [0.1, 0.15) is 257 Å². The molecule has 286 valence electrons. The summed E-state index contributed by atoms with van der Waals surface area (Å²) in [5.41, 5.74) is 0. The number of ether oxygens (including phenoxy) is 1. The minimum Gasteiger partial charge on any atom is -0.466 e. The highest BCUT2D eigenvalue weighted by molar-refractivity contribution is 5.69. The number of carbonyl (C=O) groups excluding carboxylic acids is 1. The Morgan fingerprint density at radius 3 is 1.04 bits per heavy atom. The maximum absolute atomic E-state index is 12.0. The predicted molar refractivity (Wildman–Crippen MR) is 213 cm³/mol. The van der Waals surface area contributed by atoms with Crippen molar-refractivity contribution in [2.75, 3.05) is 13.2 Å². The third-order valence-electron chi connectivity index (χ3n) is 10.2. The summed E-state index contributed by atoms with van der Waals surface area (Å²) in [5, 5.41) is 8.80. The van der Waals surface area contributed by atoms with Crippen molar-refractivity contribution < 1.29 is 14.6 Å². The van der Waals surface area contributed by atoms with Gasteiger partial charge in [0.15, 0.2) is 0 Å². The van der Waals surface area contributed by atoms with Crippen LogP contribution in [-0.4, -0.2) is 24.3 Å². The van der Waals surface area contributed by atoms with Crippen LogP contribution in [0.2, 0.25) is 0 Å². The zero-order valence-corrected chi connectivity index (χ0v) is 32.9. The topological polar surface area (TPSA) is 46.5 Å². The highest BCUT2D eigenvalue weighted by Gasteiger charge is 2.03. The van der Waals surface area contributed by atoms with E-state index < -0.39 is 0 Å². The Morgan fingerprint density at radius 2 is 0.688 bits per heavy atom. The largest absolute Gasteiger partial charge is 0.466 e. The number of hydrogen-bond acceptors (Lipinski definition) is 3. The summed E-state index contributed by atoms with van der Waals surface area (Å²) in [7, 11) is 0. The fourth-order valence-corrected chi connectivity index (χ4v) is 6.88. The average molecular weight is 677 g/mol. The van der Waals surface area contributed by atoms with E-state index in [0.717, 1.165) is 25.7 Å². The van der Waals surface area contributed by atoms with Gasteiger partial charge in [-0.1, -0.05) is 218 Å². The number of allylic oxidation sites excluding steroid dienone is 2. The minimum atomic E-state index is 0.0161. The molecule has 0 aromatic carbocycles. The van der Waals surface area contributed by atoms with Crippen molar-refractivity contribution in [3.63, 3.8) is 0 Å². The highest BCUT2D eigenvalue weighted by Crippen LogP contribution is 2.16. The molecule has 0 rings (SSSR count). The molecule has 0 saturated heterocycles. The quantitative estimate of drug-likeness (QED) is 0.0398. The molecule has 0 radical (unpaired) electrons. The second kappa shape index (κ2) is 44.2. The smallest absolute Gasteiger partial charge is 0.305 e. The fourth-order valence-electron chi connectivity index (χ4n) is 6.88. The Morgan fingerprint density at radius 1 is 0.396 bits per heavy atom. The van der Waals surface area contributed by atoms with Gasteiger partial charge in [-0.25, -0.2) is 0 Å². The number of hydrogen-bond donors (Lipinski definition) is 1. The van der Waals surface area contributed by atoms with Gasteiger partial charge < -0.3 is 9.84 Å². The van der Waals surface area contributed by atoms with E-state index >= 15 is 0 Å². The fraction of sp³-hybridized carbons (Fsp3) is 0.933. The first-order valence-electron chi connectivity index (χ1n) is 22.2. The van der Waals surface area contributed by atoms with Gasteiger partial charge in [0.25, 0.3) is 0 Å². The van der Waals surface area contributed by atoms with Crippen LogP contribution >= 0.6 is 0 Å². The van der Waals surface area contributed by atoms with Crippen LogP contribution in [0.5, 0.6) is 0 Å². The molecule has 0 spiro atoms. The SMILES string of the molecule is CCCCCCCC/C=C\CCCCCCCC(=O)OCCCCCCCCCCCCCCCCCCCCCCCCCCCO. The lowest BCUT2D eigenvalue weighted by Crippen LogP contribution is -2.05. The molecule has 3 heteroatoms. The van der Waals surface area contributed by atoms with Gasteiger partial charge >= 0.3 is 5.97 Å². The van der Waals surface area contributed by atoms with Gasteiger partial charge in [0.2, 0.25) is 0 Å². The molecule has 0 aliphatic carbocycles. The lowest BCUT2D eigenvalue weighted by atomic mass is 10.0. The van der Waals surface area contributed by atoms with Crippen LogP contribution < -0.4 is 0 Å². The van der Waals surface area contributed by atoms with E-state index in [9.17, 15) is 4.79 Å². The van der Waals surface area contributed by atoms with Gasteiger partial charge in [0.1, 0.15) is 0 Å². The van der Waals surface area contributed by atoms with E-state index in [4.69, 9.17) is 9.84 Å². The molecule has 0 heterocycles. The maximum atomic E-state index is 12.0. The molecule has 0 atom stereocenters. The number of carbonyl (C=O) groups is 1. The van der Waals surface area contributed by atoms with Crippen LogP contribution in [-0.2, 0) is 9.53 Å². The zero-order valence-electron chi connectivity index (χ0n) is 32.9. The molecule has 0 aliphatic rings. The molecule has 0 aliphatic heterocycles. The predicted octanol–water partition coefficient (Wildman–Crippen LogP) is 15.3. The Hall–Kier alpha value is -0.830. The van der Waals surface area contributed by atoms with Crippen molar-refractivity contribution in [2.24, 2.45) is 0 Å². The first-order valence-corrected chi connectivity index (χ1v) is 22.2. The summed E-state index contributed by atoms with van der Waals surface area (Å²) >= 11 is 0. The van der Waals surface area contributed by atoms with Crippen molar-refractivity contribution in [1.29, 1.82) is 0 Å². The Kier molecular flexibility index (Phi) is 43.4. The van der Waals surface area contributed by atoms with E-state index in [0.29, 0.717) is 19.6 Å². The minimum absolute atomic E-state index is 0.0161. The lowest BCUT2D eigenvalue weighted by Gasteiger charge is -2.06. The number of rotatable bonds is 42. The molecule has 0 saturated carbocycles. The average Bonchev–Trinajstić information content (AvgIpc) is 3.09. The van der Waals surface area contributed by atoms with Crippen molar-refractivity contribution in [3.8, 4) is 0 Å². The van der Waals surface area contributed by atoms with Crippen LogP contribution in [0, 0.1) is 0 Å². The van der Waals surface area contributed by atoms with E-state index in [-0.39, 0.29) is 5.97 Å². The van der Waals surface area contributed by atoms with E-state index in [1.807, 2.05) is 0 Å². The van der Waals surface area contributed by atoms with Gasteiger partial charge in [0.05, 0.1) is 6.61 Å². The third kappa shape index (κ3) is 43.2. The molecule has 0 aromatic heterocycles. The van der Waals surface area contributed by atoms with Crippen LogP contribution in [0.15, 0.2) is 12.2 Å². The van der Waals surface area contributed by atoms with Crippen LogP contribution in [0.3, 0.4) is 0 Å². The summed E-state index contributed by atoms with van der Waals surface area (Å²) in [6.45, 7) is 3.27. The molecule has 1 N–H and O–H groups in total. The standard InChI is InChI=1S/C45H88O3/c1-2-3-4-5-6-7-8-9-21-24-27-30-33-36-39-42-45(47)48-44-41-38-35-32-29-26-23-20-18-16-14-12-10-11-13-15-17-19-22-25-28-31-34-37-40-43-46/h9,21,46H,2-8,10-20,22-44H2,1H3/b21-9-. The molecule has 0 amide bonds. The number of unbranched alkanes of at least 4 members (excludes halogenated alkanes) is 35. The zero-order chi connectivity index (χ0) is 34.7. The van der Waals surface area contributed by atoms with Gasteiger partial charge in [0, 0.05) is 13.0 Å². The third-order valence-corrected chi connectivity index (χ3v) is 10.2. The summed E-state index contributed by atoms with van der Waals surface area (Å²) in [5.74, 6) is 0.0161. The van der Waals surface area contributed by atoms with Gasteiger partial charge in [-0.2, -0.15) is 0 Å². The molecule has 48 heavy (non-hydrogen) atoms. The second-order valence-corrected chi connectivity index (χ2v) is 15.1. The number of aliphatic hydroxyl groups excluding tert-OH is 1. The van der Waals surface area contributed by atoms with E-state index in [1.54, 1.807) is 0 Å².